The molecule has 1 aromatic heterocycles. The van der Waals surface area contributed by atoms with E-state index < -0.39 is 0 Å². The predicted molar refractivity (Wildman–Crippen MR) is 77.9 cm³/mol. The van der Waals surface area contributed by atoms with Gasteiger partial charge in [-0.05, 0) is 38.2 Å². The van der Waals surface area contributed by atoms with Crippen LogP contribution in [0, 0.1) is 5.41 Å². The molecule has 18 heavy (non-hydrogen) atoms. The summed E-state index contributed by atoms with van der Waals surface area (Å²) in [5.74, 6) is 0. The van der Waals surface area contributed by atoms with Crippen molar-refractivity contribution in [2.45, 2.75) is 66.5 Å². The molecule has 0 spiro atoms. The van der Waals surface area contributed by atoms with Gasteiger partial charge in [0.1, 0.15) is 0 Å². The fraction of sp³-hybridized carbons (Fsp3) is 0.800. The third-order valence-electron chi connectivity index (χ3n) is 3.59. The summed E-state index contributed by atoms with van der Waals surface area (Å²) < 4.78 is 2.04. The highest BCUT2D eigenvalue weighted by Gasteiger charge is 2.24. The number of rotatable bonds is 7. The summed E-state index contributed by atoms with van der Waals surface area (Å²) in [5, 5.41) is 8.21. The van der Waals surface area contributed by atoms with E-state index in [0.717, 1.165) is 13.0 Å². The Bertz CT molecular complexity index is 354. The van der Waals surface area contributed by atoms with Crippen molar-refractivity contribution >= 4 is 0 Å². The van der Waals surface area contributed by atoms with Crippen molar-refractivity contribution in [2.75, 3.05) is 6.54 Å². The lowest BCUT2D eigenvalue weighted by Gasteiger charge is -2.29. The summed E-state index contributed by atoms with van der Waals surface area (Å²) in [6, 6.07) is 3.15. The molecule has 0 aliphatic heterocycles. The van der Waals surface area contributed by atoms with E-state index in [0.29, 0.717) is 17.5 Å². The third-order valence-corrected chi connectivity index (χ3v) is 3.59. The zero-order valence-corrected chi connectivity index (χ0v) is 12.8. The van der Waals surface area contributed by atoms with Crippen LogP contribution in [-0.2, 0) is 6.42 Å². The predicted octanol–water partition coefficient (Wildman–Crippen LogP) is 3.42. The van der Waals surface area contributed by atoms with Gasteiger partial charge in [0.15, 0.2) is 0 Å². The number of nitrogens with one attached hydrogen (secondary N) is 1. The van der Waals surface area contributed by atoms with Gasteiger partial charge in [-0.15, -0.1) is 0 Å². The van der Waals surface area contributed by atoms with Crippen molar-refractivity contribution in [1.82, 2.24) is 15.1 Å². The Morgan fingerprint density at radius 3 is 2.44 bits per heavy atom. The molecule has 0 fully saturated rings. The molecule has 1 atom stereocenters. The van der Waals surface area contributed by atoms with E-state index in [9.17, 15) is 0 Å². The Balaban J connectivity index is 2.65. The van der Waals surface area contributed by atoms with E-state index in [4.69, 9.17) is 0 Å². The van der Waals surface area contributed by atoms with Crippen molar-refractivity contribution in [3.8, 4) is 0 Å². The first kappa shape index (κ1) is 15.2. The van der Waals surface area contributed by atoms with Gasteiger partial charge in [-0.25, -0.2) is 0 Å². The Labute approximate surface area is 112 Å². The lowest BCUT2D eigenvalue weighted by molar-refractivity contribution is 0.277. The fourth-order valence-corrected chi connectivity index (χ4v) is 1.96. The van der Waals surface area contributed by atoms with Gasteiger partial charge in [0.2, 0.25) is 0 Å². The molecule has 1 rings (SSSR count). The summed E-state index contributed by atoms with van der Waals surface area (Å²) in [5.41, 5.74) is 1.50. The number of hydrogen-bond donors (Lipinski definition) is 1. The summed E-state index contributed by atoms with van der Waals surface area (Å²) in [6.45, 7) is 14.4. The first-order valence-electron chi connectivity index (χ1n) is 7.13. The van der Waals surface area contributed by atoms with Gasteiger partial charge in [0, 0.05) is 24.8 Å². The largest absolute Gasteiger partial charge is 0.314 e. The molecule has 0 bridgehead atoms. The lowest BCUT2D eigenvalue weighted by atomic mass is 9.82. The Morgan fingerprint density at radius 2 is 2.00 bits per heavy atom. The second kappa shape index (κ2) is 6.37. The highest BCUT2D eigenvalue weighted by atomic mass is 15.3. The molecule has 0 saturated carbocycles. The average molecular weight is 251 g/mol. The SMILES string of the molecule is CCC(C)(CNC(C)C)Cc1ccn(C(C)C)n1. The van der Waals surface area contributed by atoms with Crippen LogP contribution < -0.4 is 5.32 Å². The summed E-state index contributed by atoms with van der Waals surface area (Å²) in [4.78, 5) is 0. The maximum Gasteiger partial charge on any atom is 0.0630 e. The lowest BCUT2D eigenvalue weighted by Crippen LogP contribution is -2.36. The molecule has 1 unspecified atom stereocenters. The maximum atomic E-state index is 4.66. The van der Waals surface area contributed by atoms with Crippen LogP contribution in [0.5, 0.6) is 0 Å². The number of hydrogen-bond acceptors (Lipinski definition) is 2. The molecular formula is C15H29N3. The van der Waals surface area contributed by atoms with Gasteiger partial charge in [-0.2, -0.15) is 5.10 Å². The van der Waals surface area contributed by atoms with Crippen molar-refractivity contribution in [3.05, 3.63) is 18.0 Å². The Morgan fingerprint density at radius 1 is 1.33 bits per heavy atom. The number of aromatic nitrogens is 2. The molecule has 0 aromatic carbocycles. The molecule has 0 amide bonds. The third kappa shape index (κ3) is 4.45. The smallest absolute Gasteiger partial charge is 0.0630 e. The van der Waals surface area contributed by atoms with Crippen LogP contribution in [0.25, 0.3) is 0 Å². The molecule has 0 aliphatic rings. The maximum absolute atomic E-state index is 4.66. The zero-order valence-electron chi connectivity index (χ0n) is 12.8. The second-order valence-electron chi connectivity index (χ2n) is 6.26. The molecule has 3 nitrogen and oxygen atoms in total. The quantitative estimate of drug-likeness (QED) is 0.804. The van der Waals surface area contributed by atoms with Crippen molar-refractivity contribution in [3.63, 3.8) is 0 Å². The molecule has 1 heterocycles. The minimum Gasteiger partial charge on any atom is -0.314 e. The second-order valence-corrected chi connectivity index (χ2v) is 6.26. The Hall–Kier alpha value is -0.830. The van der Waals surface area contributed by atoms with E-state index in [1.165, 1.54) is 12.1 Å². The number of nitrogens with zero attached hydrogens (tertiary/aromatic N) is 2. The van der Waals surface area contributed by atoms with E-state index in [1.807, 2.05) is 4.68 Å². The highest BCUT2D eigenvalue weighted by Crippen LogP contribution is 2.25. The minimum atomic E-state index is 0.292. The average Bonchev–Trinajstić information content (AvgIpc) is 2.75. The molecule has 0 radical (unpaired) electrons. The van der Waals surface area contributed by atoms with Crippen LogP contribution >= 0.6 is 0 Å². The van der Waals surface area contributed by atoms with Crippen LogP contribution in [0.4, 0.5) is 0 Å². The molecule has 3 heteroatoms. The van der Waals surface area contributed by atoms with Crippen LogP contribution in [-0.4, -0.2) is 22.4 Å². The molecular weight excluding hydrogens is 222 g/mol. The van der Waals surface area contributed by atoms with Crippen molar-refractivity contribution < 1.29 is 0 Å². The summed E-state index contributed by atoms with van der Waals surface area (Å²) >= 11 is 0. The zero-order chi connectivity index (χ0) is 13.8. The highest BCUT2D eigenvalue weighted by molar-refractivity contribution is 5.03. The van der Waals surface area contributed by atoms with Crippen LogP contribution in [0.15, 0.2) is 12.3 Å². The van der Waals surface area contributed by atoms with Gasteiger partial charge in [0.25, 0.3) is 0 Å². The van der Waals surface area contributed by atoms with Gasteiger partial charge in [0.05, 0.1) is 5.69 Å². The van der Waals surface area contributed by atoms with E-state index in [2.05, 4.69) is 64.2 Å². The van der Waals surface area contributed by atoms with Crippen LogP contribution in [0.3, 0.4) is 0 Å². The van der Waals surface area contributed by atoms with Gasteiger partial charge < -0.3 is 5.32 Å². The van der Waals surface area contributed by atoms with Crippen molar-refractivity contribution in [1.29, 1.82) is 0 Å². The molecule has 1 N–H and O–H groups in total. The molecule has 104 valence electrons. The first-order valence-corrected chi connectivity index (χ1v) is 7.13. The van der Waals surface area contributed by atoms with Crippen molar-refractivity contribution in [2.24, 2.45) is 5.41 Å². The topological polar surface area (TPSA) is 29.9 Å². The van der Waals surface area contributed by atoms with Crippen LogP contribution in [0.2, 0.25) is 0 Å². The minimum absolute atomic E-state index is 0.292. The van der Waals surface area contributed by atoms with Gasteiger partial charge >= 0.3 is 0 Å². The molecule has 0 aliphatic carbocycles. The van der Waals surface area contributed by atoms with E-state index >= 15 is 0 Å². The Kier molecular flexibility index (Phi) is 5.39. The monoisotopic (exact) mass is 251 g/mol. The van der Waals surface area contributed by atoms with Gasteiger partial charge in [-0.1, -0.05) is 27.7 Å². The normalized spacial score (nSPS) is 15.3. The summed E-state index contributed by atoms with van der Waals surface area (Å²) in [7, 11) is 0. The van der Waals surface area contributed by atoms with Gasteiger partial charge in [-0.3, -0.25) is 4.68 Å². The molecule has 0 saturated heterocycles. The fourth-order valence-electron chi connectivity index (χ4n) is 1.96. The van der Waals surface area contributed by atoms with E-state index in [-0.39, 0.29) is 0 Å². The standard InChI is InChI=1S/C15H29N3/c1-7-15(6,11-16-12(2)3)10-14-8-9-18(17-14)13(4)5/h8-9,12-13,16H,7,10-11H2,1-6H3. The summed E-state index contributed by atoms with van der Waals surface area (Å²) in [6.07, 6.45) is 4.30. The molecule has 1 aromatic rings. The first-order chi connectivity index (χ1) is 8.36. The van der Waals surface area contributed by atoms with Crippen LogP contribution in [0.1, 0.15) is 59.7 Å². The van der Waals surface area contributed by atoms with E-state index in [1.54, 1.807) is 0 Å².